The van der Waals surface area contributed by atoms with Crippen molar-refractivity contribution in [1.29, 1.82) is 0 Å². The molecule has 0 heterocycles. The molecule has 122 valence electrons. The Balaban J connectivity index is 1.90. The van der Waals surface area contributed by atoms with Crippen LogP contribution in [0.4, 0.5) is 0 Å². The second-order valence-electron chi connectivity index (χ2n) is 7.01. The molecule has 1 amide bonds. The third-order valence-corrected chi connectivity index (χ3v) is 4.87. The molecule has 0 bridgehead atoms. The fourth-order valence-corrected chi connectivity index (χ4v) is 3.16. The van der Waals surface area contributed by atoms with Gasteiger partial charge in [-0.2, -0.15) is 0 Å². The van der Waals surface area contributed by atoms with Crippen LogP contribution in [-0.2, 0) is 10.4 Å². The van der Waals surface area contributed by atoms with Crippen molar-refractivity contribution in [2.75, 3.05) is 6.54 Å². The van der Waals surface area contributed by atoms with Gasteiger partial charge in [-0.1, -0.05) is 50.1 Å². The van der Waals surface area contributed by atoms with Gasteiger partial charge in [-0.15, -0.1) is 0 Å². The summed E-state index contributed by atoms with van der Waals surface area (Å²) in [5, 5.41) is 23.5. The number of amides is 1. The van der Waals surface area contributed by atoms with E-state index in [4.69, 9.17) is 0 Å². The van der Waals surface area contributed by atoms with Gasteiger partial charge in [0.05, 0.1) is 18.1 Å². The van der Waals surface area contributed by atoms with E-state index in [2.05, 4.69) is 5.32 Å². The fraction of sp³-hybridized carbons (Fsp3) is 0.611. The molecule has 0 saturated heterocycles. The van der Waals surface area contributed by atoms with Crippen molar-refractivity contribution in [3.05, 3.63) is 35.9 Å². The van der Waals surface area contributed by atoms with Crippen LogP contribution in [0.1, 0.15) is 51.5 Å². The van der Waals surface area contributed by atoms with Crippen LogP contribution in [-0.4, -0.2) is 28.8 Å². The van der Waals surface area contributed by atoms with E-state index in [0.29, 0.717) is 6.54 Å². The highest BCUT2D eigenvalue weighted by atomic mass is 16.3. The summed E-state index contributed by atoms with van der Waals surface area (Å²) in [5.41, 5.74) is -0.710. The fourth-order valence-electron chi connectivity index (χ4n) is 3.16. The predicted molar refractivity (Wildman–Crippen MR) is 86.2 cm³/mol. The number of carbonyl (C=O) groups excluding carboxylic acids is 1. The molecule has 0 radical (unpaired) electrons. The van der Waals surface area contributed by atoms with E-state index < -0.39 is 5.60 Å². The van der Waals surface area contributed by atoms with Crippen LogP contribution in [0.3, 0.4) is 0 Å². The van der Waals surface area contributed by atoms with E-state index >= 15 is 0 Å². The number of benzene rings is 1. The zero-order valence-corrected chi connectivity index (χ0v) is 13.5. The third kappa shape index (κ3) is 4.08. The average molecular weight is 305 g/mol. The largest absolute Gasteiger partial charge is 0.392 e. The second kappa shape index (κ2) is 6.80. The van der Waals surface area contributed by atoms with Crippen LogP contribution in [0.5, 0.6) is 0 Å². The zero-order valence-electron chi connectivity index (χ0n) is 13.5. The molecule has 0 spiro atoms. The summed E-state index contributed by atoms with van der Waals surface area (Å²) in [6.07, 6.45) is 3.51. The van der Waals surface area contributed by atoms with E-state index in [0.717, 1.165) is 31.2 Å². The van der Waals surface area contributed by atoms with Crippen molar-refractivity contribution in [1.82, 2.24) is 5.32 Å². The number of hydrogen-bond donors (Lipinski definition) is 3. The van der Waals surface area contributed by atoms with E-state index in [1.54, 1.807) is 6.92 Å². The summed E-state index contributed by atoms with van der Waals surface area (Å²) in [5.74, 6) is -0.187. The lowest BCUT2D eigenvalue weighted by Gasteiger charge is -2.38. The third-order valence-electron chi connectivity index (χ3n) is 4.87. The van der Waals surface area contributed by atoms with Gasteiger partial charge in [0, 0.05) is 12.0 Å². The topological polar surface area (TPSA) is 69.6 Å². The Morgan fingerprint density at radius 3 is 2.68 bits per heavy atom. The predicted octanol–water partition coefficient (Wildman–Crippen LogP) is 2.34. The molecule has 1 aromatic rings. The maximum Gasteiger partial charge on any atom is 0.223 e. The molecule has 0 aromatic heterocycles. The van der Waals surface area contributed by atoms with Crippen LogP contribution in [0.25, 0.3) is 0 Å². The van der Waals surface area contributed by atoms with Crippen LogP contribution >= 0.6 is 0 Å². The Kier molecular flexibility index (Phi) is 5.24. The number of aliphatic hydroxyl groups excluding tert-OH is 1. The van der Waals surface area contributed by atoms with Gasteiger partial charge in [0.1, 0.15) is 0 Å². The first-order valence-corrected chi connectivity index (χ1v) is 8.06. The van der Waals surface area contributed by atoms with Gasteiger partial charge >= 0.3 is 0 Å². The van der Waals surface area contributed by atoms with Crippen molar-refractivity contribution >= 4 is 5.91 Å². The standard InChI is InChI=1S/C18H27NO3/c1-17(11-7-6-10-15(17)20)13-19-16(21)12-18(2,22)14-8-4-3-5-9-14/h3-5,8-9,15,20,22H,6-7,10-13H2,1-2H3,(H,19,21). The summed E-state index contributed by atoms with van der Waals surface area (Å²) < 4.78 is 0. The van der Waals surface area contributed by atoms with E-state index in [1.165, 1.54) is 0 Å². The summed E-state index contributed by atoms with van der Waals surface area (Å²) in [4.78, 5) is 12.2. The summed E-state index contributed by atoms with van der Waals surface area (Å²) in [7, 11) is 0. The summed E-state index contributed by atoms with van der Waals surface area (Å²) in [6, 6.07) is 9.21. The van der Waals surface area contributed by atoms with Crippen LogP contribution < -0.4 is 5.32 Å². The maximum absolute atomic E-state index is 12.2. The Hall–Kier alpha value is -1.39. The van der Waals surface area contributed by atoms with E-state index in [1.807, 2.05) is 37.3 Å². The van der Waals surface area contributed by atoms with Gasteiger partial charge in [0.2, 0.25) is 5.91 Å². The number of hydrogen-bond acceptors (Lipinski definition) is 3. The lowest BCUT2D eigenvalue weighted by atomic mass is 9.73. The highest BCUT2D eigenvalue weighted by Gasteiger charge is 2.36. The van der Waals surface area contributed by atoms with Gasteiger partial charge in [-0.05, 0) is 25.3 Å². The second-order valence-corrected chi connectivity index (χ2v) is 7.01. The summed E-state index contributed by atoms with van der Waals surface area (Å²) in [6.45, 7) is 4.13. The Labute approximate surface area is 132 Å². The lowest BCUT2D eigenvalue weighted by molar-refractivity contribution is -0.127. The molecule has 3 atom stereocenters. The molecule has 1 fully saturated rings. The van der Waals surface area contributed by atoms with Crippen molar-refractivity contribution < 1.29 is 15.0 Å². The van der Waals surface area contributed by atoms with Gasteiger partial charge in [-0.3, -0.25) is 4.79 Å². The van der Waals surface area contributed by atoms with Crippen molar-refractivity contribution in [2.24, 2.45) is 5.41 Å². The van der Waals surface area contributed by atoms with Gasteiger partial charge in [0.15, 0.2) is 0 Å². The molecule has 3 unspecified atom stereocenters. The number of nitrogens with one attached hydrogen (secondary N) is 1. The maximum atomic E-state index is 12.2. The minimum atomic E-state index is -1.18. The molecular formula is C18H27NO3. The Morgan fingerprint density at radius 1 is 1.36 bits per heavy atom. The van der Waals surface area contributed by atoms with Crippen LogP contribution in [0.2, 0.25) is 0 Å². The molecule has 4 nitrogen and oxygen atoms in total. The highest BCUT2D eigenvalue weighted by molar-refractivity contribution is 5.77. The van der Waals surface area contributed by atoms with E-state index in [9.17, 15) is 15.0 Å². The van der Waals surface area contributed by atoms with Crippen molar-refractivity contribution in [3.8, 4) is 0 Å². The zero-order chi connectivity index (χ0) is 16.2. The molecular weight excluding hydrogens is 278 g/mol. The summed E-state index contributed by atoms with van der Waals surface area (Å²) >= 11 is 0. The molecule has 4 heteroatoms. The SMILES string of the molecule is CC(O)(CC(=O)NCC1(C)CCCCC1O)c1ccccc1. The molecule has 0 aliphatic heterocycles. The Morgan fingerprint density at radius 2 is 2.05 bits per heavy atom. The van der Waals surface area contributed by atoms with Crippen molar-refractivity contribution in [2.45, 2.75) is 57.7 Å². The molecule has 2 rings (SSSR count). The molecule has 1 aliphatic rings. The normalized spacial score (nSPS) is 27.9. The highest BCUT2D eigenvalue weighted by Crippen LogP contribution is 2.35. The van der Waals surface area contributed by atoms with Crippen LogP contribution in [0, 0.1) is 5.41 Å². The lowest BCUT2D eigenvalue weighted by Crippen LogP contribution is -2.46. The van der Waals surface area contributed by atoms with Gasteiger partial charge < -0.3 is 15.5 Å². The van der Waals surface area contributed by atoms with Gasteiger partial charge in [-0.25, -0.2) is 0 Å². The number of rotatable bonds is 5. The molecule has 1 aliphatic carbocycles. The quantitative estimate of drug-likeness (QED) is 0.782. The minimum absolute atomic E-state index is 0.0171. The monoisotopic (exact) mass is 305 g/mol. The smallest absolute Gasteiger partial charge is 0.223 e. The Bertz CT molecular complexity index is 500. The number of carbonyl (C=O) groups is 1. The first-order chi connectivity index (χ1) is 10.3. The first-order valence-electron chi connectivity index (χ1n) is 8.06. The number of aliphatic hydroxyl groups is 2. The minimum Gasteiger partial charge on any atom is -0.392 e. The molecule has 3 N–H and O–H groups in total. The average Bonchev–Trinajstić information content (AvgIpc) is 2.49. The van der Waals surface area contributed by atoms with Crippen LogP contribution in [0.15, 0.2) is 30.3 Å². The molecule has 1 saturated carbocycles. The first kappa shape index (κ1) is 17.0. The van der Waals surface area contributed by atoms with Crippen molar-refractivity contribution in [3.63, 3.8) is 0 Å². The van der Waals surface area contributed by atoms with E-state index in [-0.39, 0.29) is 23.8 Å². The van der Waals surface area contributed by atoms with Gasteiger partial charge in [0.25, 0.3) is 0 Å². The molecule has 22 heavy (non-hydrogen) atoms. The molecule has 1 aromatic carbocycles.